The number of hydrogen-bond acceptors (Lipinski definition) is 4. The topological polar surface area (TPSA) is 62.3 Å². The lowest BCUT2D eigenvalue weighted by Gasteiger charge is -2.30. The number of nitrogens with one attached hydrogen (secondary N) is 1. The normalized spacial score (nSPS) is 18.6. The van der Waals surface area contributed by atoms with Crippen molar-refractivity contribution in [2.75, 3.05) is 25.9 Å². The van der Waals surface area contributed by atoms with Gasteiger partial charge in [0.15, 0.2) is 0 Å². The Morgan fingerprint density at radius 2 is 1.95 bits per heavy atom. The zero-order valence-electron chi connectivity index (χ0n) is 11.2. The number of piperidine rings is 1. The standard InChI is InChI=1S/C13H21N3O2S/c1-19(17,18)16-10-5-13(6-11-16)15-9-4-12-2-7-14-8-3-12/h2-3,7-8,13,15H,4-6,9-11H2,1H3. The summed E-state index contributed by atoms with van der Waals surface area (Å²) < 4.78 is 24.3. The van der Waals surface area contributed by atoms with E-state index in [1.165, 1.54) is 11.8 Å². The summed E-state index contributed by atoms with van der Waals surface area (Å²) >= 11 is 0. The minimum Gasteiger partial charge on any atom is -0.314 e. The van der Waals surface area contributed by atoms with Crippen LogP contribution >= 0.6 is 0 Å². The maximum Gasteiger partial charge on any atom is 0.211 e. The van der Waals surface area contributed by atoms with Gasteiger partial charge < -0.3 is 5.32 Å². The van der Waals surface area contributed by atoms with Crippen LogP contribution in [-0.2, 0) is 16.4 Å². The van der Waals surface area contributed by atoms with E-state index >= 15 is 0 Å². The first-order valence-corrected chi connectivity index (χ1v) is 8.48. The summed E-state index contributed by atoms with van der Waals surface area (Å²) in [6.07, 6.45) is 7.66. The van der Waals surface area contributed by atoms with E-state index in [9.17, 15) is 8.42 Å². The molecule has 6 heteroatoms. The lowest BCUT2D eigenvalue weighted by Crippen LogP contribution is -2.44. The van der Waals surface area contributed by atoms with Crippen molar-refractivity contribution in [3.63, 3.8) is 0 Å². The van der Waals surface area contributed by atoms with E-state index in [-0.39, 0.29) is 0 Å². The molecule has 0 atom stereocenters. The van der Waals surface area contributed by atoms with Gasteiger partial charge in [-0.2, -0.15) is 0 Å². The molecule has 0 unspecified atom stereocenters. The van der Waals surface area contributed by atoms with Gasteiger partial charge in [0.25, 0.3) is 0 Å². The Hall–Kier alpha value is -0.980. The third-order valence-corrected chi connectivity index (χ3v) is 4.82. The monoisotopic (exact) mass is 283 g/mol. The number of aromatic nitrogens is 1. The summed E-state index contributed by atoms with van der Waals surface area (Å²) in [5.41, 5.74) is 1.27. The van der Waals surface area contributed by atoms with Gasteiger partial charge in [-0.25, -0.2) is 12.7 Å². The van der Waals surface area contributed by atoms with Crippen LogP contribution < -0.4 is 5.32 Å². The second-order valence-electron chi connectivity index (χ2n) is 5.00. The molecule has 19 heavy (non-hydrogen) atoms. The molecule has 0 aliphatic carbocycles. The van der Waals surface area contributed by atoms with Crippen molar-refractivity contribution < 1.29 is 8.42 Å². The molecular formula is C13H21N3O2S. The summed E-state index contributed by atoms with van der Waals surface area (Å²) in [4.78, 5) is 3.99. The molecule has 1 aliphatic rings. The molecule has 2 heterocycles. The summed E-state index contributed by atoms with van der Waals surface area (Å²) in [7, 11) is -3.01. The fourth-order valence-corrected chi connectivity index (χ4v) is 3.24. The van der Waals surface area contributed by atoms with Crippen LogP contribution in [0, 0.1) is 0 Å². The van der Waals surface area contributed by atoms with E-state index in [4.69, 9.17) is 0 Å². The van der Waals surface area contributed by atoms with Crippen molar-refractivity contribution >= 4 is 10.0 Å². The summed E-state index contributed by atoms with van der Waals surface area (Å²) in [5, 5.41) is 3.50. The highest BCUT2D eigenvalue weighted by molar-refractivity contribution is 7.88. The zero-order chi connectivity index (χ0) is 13.7. The predicted molar refractivity (Wildman–Crippen MR) is 75.4 cm³/mol. The molecule has 1 aromatic rings. The maximum absolute atomic E-state index is 11.4. The van der Waals surface area contributed by atoms with Gasteiger partial charge in [-0.3, -0.25) is 4.98 Å². The molecule has 0 spiro atoms. The lowest BCUT2D eigenvalue weighted by atomic mass is 10.1. The van der Waals surface area contributed by atoms with Gasteiger partial charge in [-0.1, -0.05) is 0 Å². The van der Waals surface area contributed by atoms with Gasteiger partial charge in [-0.05, 0) is 43.5 Å². The Morgan fingerprint density at radius 1 is 1.32 bits per heavy atom. The SMILES string of the molecule is CS(=O)(=O)N1CCC(NCCc2ccncc2)CC1. The van der Waals surface area contributed by atoms with Gasteiger partial charge in [0.2, 0.25) is 10.0 Å². The Bertz CT molecular complexity index is 482. The number of hydrogen-bond donors (Lipinski definition) is 1. The Labute approximate surface area is 115 Å². The minimum absolute atomic E-state index is 0.430. The average Bonchev–Trinajstić information content (AvgIpc) is 2.39. The maximum atomic E-state index is 11.4. The Kier molecular flexibility index (Phi) is 4.90. The van der Waals surface area contributed by atoms with E-state index in [0.29, 0.717) is 19.1 Å². The van der Waals surface area contributed by atoms with Crippen LogP contribution in [0.5, 0.6) is 0 Å². The molecule has 1 saturated heterocycles. The molecule has 1 aromatic heterocycles. The first-order chi connectivity index (χ1) is 9.05. The van der Waals surface area contributed by atoms with Gasteiger partial charge in [0.05, 0.1) is 6.26 Å². The third kappa shape index (κ3) is 4.56. The van der Waals surface area contributed by atoms with Gasteiger partial charge in [-0.15, -0.1) is 0 Å². The van der Waals surface area contributed by atoms with Crippen LogP contribution in [0.25, 0.3) is 0 Å². The van der Waals surface area contributed by atoms with Crippen LogP contribution in [-0.4, -0.2) is 49.6 Å². The molecule has 1 aliphatic heterocycles. The fraction of sp³-hybridized carbons (Fsp3) is 0.615. The second-order valence-corrected chi connectivity index (χ2v) is 6.98. The molecule has 1 fully saturated rings. The van der Waals surface area contributed by atoms with Crippen LogP contribution in [0.3, 0.4) is 0 Å². The number of nitrogens with zero attached hydrogens (tertiary/aromatic N) is 2. The molecule has 0 saturated carbocycles. The highest BCUT2D eigenvalue weighted by Crippen LogP contribution is 2.13. The largest absolute Gasteiger partial charge is 0.314 e. The van der Waals surface area contributed by atoms with Crippen molar-refractivity contribution in [1.82, 2.24) is 14.6 Å². The van der Waals surface area contributed by atoms with Crippen LogP contribution in [0.2, 0.25) is 0 Å². The first kappa shape index (κ1) is 14.4. The quantitative estimate of drug-likeness (QED) is 0.861. The van der Waals surface area contributed by atoms with Gasteiger partial charge in [0, 0.05) is 31.5 Å². The highest BCUT2D eigenvalue weighted by atomic mass is 32.2. The van der Waals surface area contributed by atoms with E-state index in [1.54, 1.807) is 16.7 Å². The molecule has 1 N–H and O–H groups in total. The summed E-state index contributed by atoms with van der Waals surface area (Å²) in [5.74, 6) is 0. The van der Waals surface area contributed by atoms with Crippen molar-refractivity contribution in [1.29, 1.82) is 0 Å². The Morgan fingerprint density at radius 3 is 2.53 bits per heavy atom. The molecule has 106 valence electrons. The minimum atomic E-state index is -3.01. The van der Waals surface area contributed by atoms with E-state index in [2.05, 4.69) is 10.3 Å². The van der Waals surface area contributed by atoms with Gasteiger partial charge >= 0.3 is 0 Å². The highest BCUT2D eigenvalue weighted by Gasteiger charge is 2.24. The molecule has 0 aromatic carbocycles. The number of pyridine rings is 1. The predicted octanol–water partition coefficient (Wildman–Crippen LogP) is 0.638. The molecule has 0 radical (unpaired) electrons. The zero-order valence-corrected chi connectivity index (χ0v) is 12.1. The van der Waals surface area contributed by atoms with Crippen LogP contribution in [0.4, 0.5) is 0 Å². The third-order valence-electron chi connectivity index (χ3n) is 3.52. The Balaban J connectivity index is 1.69. The number of rotatable bonds is 5. The average molecular weight is 283 g/mol. The van der Waals surface area contributed by atoms with Crippen LogP contribution in [0.15, 0.2) is 24.5 Å². The number of sulfonamides is 1. The molecular weight excluding hydrogens is 262 g/mol. The van der Waals surface area contributed by atoms with E-state index in [1.807, 2.05) is 12.1 Å². The smallest absolute Gasteiger partial charge is 0.211 e. The van der Waals surface area contributed by atoms with Crippen molar-refractivity contribution in [2.24, 2.45) is 0 Å². The lowest BCUT2D eigenvalue weighted by molar-refractivity contribution is 0.292. The molecule has 0 bridgehead atoms. The van der Waals surface area contributed by atoms with Gasteiger partial charge in [0.1, 0.15) is 0 Å². The first-order valence-electron chi connectivity index (χ1n) is 6.63. The second kappa shape index (κ2) is 6.45. The van der Waals surface area contributed by atoms with Crippen molar-refractivity contribution in [3.05, 3.63) is 30.1 Å². The van der Waals surface area contributed by atoms with Crippen LogP contribution in [0.1, 0.15) is 18.4 Å². The molecule has 0 amide bonds. The van der Waals surface area contributed by atoms with Crippen molar-refractivity contribution in [3.8, 4) is 0 Å². The summed E-state index contributed by atoms with van der Waals surface area (Å²) in [6, 6.07) is 4.47. The molecule has 5 nitrogen and oxygen atoms in total. The molecule has 2 rings (SSSR count). The summed E-state index contributed by atoms with van der Waals surface area (Å²) in [6.45, 7) is 2.19. The van der Waals surface area contributed by atoms with E-state index < -0.39 is 10.0 Å². The fourth-order valence-electron chi connectivity index (χ4n) is 2.36. The van der Waals surface area contributed by atoms with Crippen molar-refractivity contribution in [2.45, 2.75) is 25.3 Å². The van der Waals surface area contributed by atoms with E-state index in [0.717, 1.165) is 25.8 Å².